The van der Waals surface area contributed by atoms with Crippen molar-refractivity contribution in [1.82, 2.24) is 9.80 Å². The molecule has 4 nitrogen and oxygen atoms in total. The minimum absolute atomic E-state index is 0.0104. The Labute approximate surface area is 125 Å². The number of hydrogen-bond donors (Lipinski definition) is 1. The molecule has 0 aliphatic carbocycles. The second-order valence-electron chi connectivity index (χ2n) is 5.34. The number of anilines is 1. The van der Waals surface area contributed by atoms with Gasteiger partial charge in [0.2, 0.25) is 5.91 Å². The molecule has 1 amide bonds. The highest BCUT2D eigenvalue weighted by Gasteiger charge is 2.13. The van der Waals surface area contributed by atoms with Gasteiger partial charge in [0, 0.05) is 23.8 Å². The van der Waals surface area contributed by atoms with E-state index >= 15 is 0 Å². The van der Waals surface area contributed by atoms with Crippen LogP contribution in [0.1, 0.15) is 12.8 Å². The molecule has 1 aliphatic heterocycles. The number of nitrogens with zero attached hydrogens (tertiary/aromatic N) is 2. The van der Waals surface area contributed by atoms with Gasteiger partial charge in [-0.05, 0) is 57.2 Å². The number of likely N-dealkylation sites (N-methyl/N-ethyl adjacent to an activating group) is 1. The zero-order valence-electron chi connectivity index (χ0n) is 11.9. The van der Waals surface area contributed by atoms with Crippen LogP contribution >= 0.6 is 11.6 Å². The molecule has 1 saturated heterocycles. The maximum Gasteiger partial charge on any atom is 0.238 e. The Kier molecular flexibility index (Phi) is 5.83. The second-order valence-corrected chi connectivity index (χ2v) is 5.78. The Bertz CT molecular complexity index is 429. The molecule has 0 unspecified atom stereocenters. The third-order valence-corrected chi connectivity index (χ3v) is 3.79. The van der Waals surface area contributed by atoms with Crippen molar-refractivity contribution in [3.8, 4) is 0 Å². The third kappa shape index (κ3) is 5.12. The zero-order chi connectivity index (χ0) is 14.4. The first-order valence-electron chi connectivity index (χ1n) is 7.10. The van der Waals surface area contributed by atoms with Gasteiger partial charge in [0.25, 0.3) is 0 Å². The molecule has 1 fully saturated rings. The molecule has 0 atom stereocenters. The number of rotatable bonds is 6. The first-order chi connectivity index (χ1) is 9.63. The van der Waals surface area contributed by atoms with Crippen molar-refractivity contribution >= 4 is 23.2 Å². The van der Waals surface area contributed by atoms with Crippen molar-refractivity contribution in [2.75, 3.05) is 45.1 Å². The summed E-state index contributed by atoms with van der Waals surface area (Å²) in [6.07, 6.45) is 2.61. The second kappa shape index (κ2) is 7.62. The van der Waals surface area contributed by atoms with Gasteiger partial charge < -0.3 is 10.2 Å². The van der Waals surface area contributed by atoms with Crippen LogP contribution in [0.4, 0.5) is 5.69 Å². The summed E-state index contributed by atoms with van der Waals surface area (Å²) in [7, 11) is 1.98. The smallest absolute Gasteiger partial charge is 0.238 e. The summed E-state index contributed by atoms with van der Waals surface area (Å²) in [5, 5.41) is 3.55. The molecule has 1 aromatic carbocycles. The van der Waals surface area contributed by atoms with E-state index in [0.717, 1.165) is 18.8 Å². The lowest BCUT2D eigenvalue weighted by atomic mass is 10.3. The predicted octanol–water partition coefficient (Wildman–Crippen LogP) is 2.31. The fourth-order valence-corrected chi connectivity index (χ4v) is 2.50. The number of carbonyl (C=O) groups is 1. The van der Waals surface area contributed by atoms with Crippen LogP contribution in [0.5, 0.6) is 0 Å². The van der Waals surface area contributed by atoms with Crippen LogP contribution in [0.3, 0.4) is 0 Å². The summed E-state index contributed by atoms with van der Waals surface area (Å²) in [5.74, 6) is 0.0104. The Morgan fingerprint density at radius 1 is 1.30 bits per heavy atom. The van der Waals surface area contributed by atoms with Crippen molar-refractivity contribution in [1.29, 1.82) is 0 Å². The lowest BCUT2D eigenvalue weighted by Crippen LogP contribution is -2.36. The van der Waals surface area contributed by atoms with E-state index in [2.05, 4.69) is 15.1 Å². The Morgan fingerprint density at radius 2 is 1.95 bits per heavy atom. The SMILES string of the molecule is CN(CCN1CCCC1)CC(=O)Nc1ccc(Cl)cc1. The molecule has 5 heteroatoms. The Balaban J connectivity index is 1.68. The highest BCUT2D eigenvalue weighted by Crippen LogP contribution is 2.13. The molecule has 0 spiro atoms. The van der Waals surface area contributed by atoms with Gasteiger partial charge >= 0.3 is 0 Å². The molecular weight excluding hydrogens is 274 g/mol. The van der Waals surface area contributed by atoms with E-state index in [9.17, 15) is 4.79 Å². The average Bonchev–Trinajstić information content (AvgIpc) is 2.92. The van der Waals surface area contributed by atoms with Crippen LogP contribution in [-0.2, 0) is 4.79 Å². The third-order valence-electron chi connectivity index (χ3n) is 3.54. The molecule has 1 heterocycles. The number of hydrogen-bond acceptors (Lipinski definition) is 3. The number of likely N-dealkylation sites (tertiary alicyclic amines) is 1. The molecule has 1 aliphatic rings. The van der Waals surface area contributed by atoms with Crippen molar-refractivity contribution in [2.24, 2.45) is 0 Å². The first kappa shape index (κ1) is 15.3. The summed E-state index contributed by atoms with van der Waals surface area (Å²) < 4.78 is 0. The molecule has 0 saturated carbocycles. The topological polar surface area (TPSA) is 35.6 Å². The molecule has 0 bridgehead atoms. The van der Waals surface area contributed by atoms with E-state index in [1.54, 1.807) is 12.1 Å². The molecule has 1 aromatic rings. The highest BCUT2D eigenvalue weighted by atomic mass is 35.5. The lowest BCUT2D eigenvalue weighted by molar-refractivity contribution is -0.117. The quantitative estimate of drug-likeness (QED) is 0.875. The van der Waals surface area contributed by atoms with Crippen molar-refractivity contribution in [3.63, 3.8) is 0 Å². The molecule has 1 N–H and O–H groups in total. The van der Waals surface area contributed by atoms with Crippen molar-refractivity contribution in [3.05, 3.63) is 29.3 Å². The molecule has 2 rings (SSSR count). The van der Waals surface area contributed by atoms with Gasteiger partial charge in [-0.2, -0.15) is 0 Å². The van der Waals surface area contributed by atoms with E-state index in [1.165, 1.54) is 25.9 Å². The predicted molar refractivity (Wildman–Crippen MR) is 83.3 cm³/mol. The van der Waals surface area contributed by atoms with Gasteiger partial charge in [-0.15, -0.1) is 0 Å². The van der Waals surface area contributed by atoms with E-state index in [4.69, 9.17) is 11.6 Å². The minimum atomic E-state index is 0.0104. The standard InChI is InChI=1S/C15H22ClN3O/c1-18(10-11-19-8-2-3-9-19)12-15(20)17-14-6-4-13(16)5-7-14/h4-7H,2-3,8-12H2,1H3,(H,17,20). The first-order valence-corrected chi connectivity index (χ1v) is 7.47. The zero-order valence-corrected chi connectivity index (χ0v) is 12.7. The largest absolute Gasteiger partial charge is 0.325 e. The number of benzene rings is 1. The van der Waals surface area contributed by atoms with Gasteiger partial charge in [0.05, 0.1) is 6.54 Å². The maximum absolute atomic E-state index is 11.9. The van der Waals surface area contributed by atoms with Crippen LogP contribution in [0.15, 0.2) is 24.3 Å². The lowest BCUT2D eigenvalue weighted by Gasteiger charge is -2.20. The fraction of sp³-hybridized carbons (Fsp3) is 0.533. The van der Waals surface area contributed by atoms with Gasteiger partial charge in [-0.25, -0.2) is 0 Å². The van der Waals surface area contributed by atoms with Crippen LogP contribution in [0.2, 0.25) is 5.02 Å². The van der Waals surface area contributed by atoms with Crippen LogP contribution in [0.25, 0.3) is 0 Å². The van der Waals surface area contributed by atoms with Crippen LogP contribution < -0.4 is 5.32 Å². The van der Waals surface area contributed by atoms with Gasteiger partial charge in [0.1, 0.15) is 0 Å². The Morgan fingerprint density at radius 3 is 2.60 bits per heavy atom. The molecule has 0 aromatic heterocycles. The van der Waals surface area contributed by atoms with Crippen LogP contribution in [0, 0.1) is 0 Å². The van der Waals surface area contributed by atoms with E-state index in [-0.39, 0.29) is 5.91 Å². The summed E-state index contributed by atoms with van der Waals surface area (Å²) in [4.78, 5) is 16.4. The maximum atomic E-state index is 11.9. The van der Waals surface area contributed by atoms with E-state index in [1.807, 2.05) is 19.2 Å². The van der Waals surface area contributed by atoms with Gasteiger partial charge in [0.15, 0.2) is 0 Å². The monoisotopic (exact) mass is 295 g/mol. The number of halogens is 1. The van der Waals surface area contributed by atoms with Crippen molar-refractivity contribution < 1.29 is 4.79 Å². The minimum Gasteiger partial charge on any atom is -0.325 e. The normalized spacial score (nSPS) is 15.8. The molecular formula is C15H22ClN3O. The van der Waals surface area contributed by atoms with E-state index < -0.39 is 0 Å². The summed E-state index contributed by atoms with van der Waals surface area (Å²) in [6.45, 7) is 4.78. The number of nitrogens with one attached hydrogen (secondary N) is 1. The van der Waals surface area contributed by atoms with Crippen molar-refractivity contribution in [2.45, 2.75) is 12.8 Å². The Hall–Kier alpha value is -1.10. The van der Waals surface area contributed by atoms with E-state index in [0.29, 0.717) is 11.6 Å². The summed E-state index contributed by atoms with van der Waals surface area (Å²) in [5.41, 5.74) is 0.785. The molecule has 20 heavy (non-hydrogen) atoms. The highest BCUT2D eigenvalue weighted by molar-refractivity contribution is 6.30. The summed E-state index contributed by atoms with van der Waals surface area (Å²) >= 11 is 5.81. The average molecular weight is 296 g/mol. The van der Waals surface area contributed by atoms with Crippen LogP contribution in [-0.4, -0.2) is 55.5 Å². The van der Waals surface area contributed by atoms with Gasteiger partial charge in [-0.1, -0.05) is 11.6 Å². The van der Waals surface area contributed by atoms with Gasteiger partial charge in [-0.3, -0.25) is 9.69 Å². The molecule has 0 radical (unpaired) electrons. The fourth-order valence-electron chi connectivity index (χ4n) is 2.38. The number of carbonyl (C=O) groups excluding carboxylic acids is 1. The summed E-state index contributed by atoms with van der Waals surface area (Å²) in [6, 6.07) is 7.16. The molecule has 110 valence electrons. The number of amides is 1.